The molecule has 2 aromatic carbocycles. The second-order valence-electron chi connectivity index (χ2n) is 7.78. The molecular weight excluding hydrogens is 396 g/mol. The average molecular weight is 427 g/mol. The molecule has 2 aromatic rings. The minimum absolute atomic E-state index is 0.162. The zero-order valence-electron chi connectivity index (χ0n) is 18.2. The highest BCUT2D eigenvalue weighted by atomic mass is 17.1. The van der Waals surface area contributed by atoms with Crippen LogP contribution in [0.1, 0.15) is 78.6 Å². The van der Waals surface area contributed by atoms with E-state index in [0.29, 0.717) is 28.9 Å². The van der Waals surface area contributed by atoms with Gasteiger partial charge in [-0.05, 0) is 30.9 Å². The van der Waals surface area contributed by atoms with Crippen molar-refractivity contribution < 1.29 is 29.2 Å². The van der Waals surface area contributed by atoms with Crippen LogP contribution in [0.5, 0.6) is 0 Å². The summed E-state index contributed by atoms with van der Waals surface area (Å²) in [4.78, 5) is 30.3. The van der Waals surface area contributed by atoms with Gasteiger partial charge in [-0.3, -0.25) is 4.79 Å². The van der Waals surface area contributed by atoms with E-state index < -0.39 is 18.4 Å². The van der Waals surface area contributed by atoms with Gasteiger partial charge in [0.2, 0.25) is 0 Å². The molecule has 1 atom stereocenters. The standard InChI is InChI=1S/C25H30O6/c1-3-5-7-10-18-13-14-22-20(16-18)24(27)19-11-8-9-12-21(19)25(22,31-28)30-17-23(26)29-15-6-4-2/h8-9,11-14,16,28H,3-7,10,15,17H2,1-2H3. The Hall–Kier alpha value is -2.54. The second kappa shape index (κ2) is 10.7. The zero-order chi connectivity index (χ0) is 22.3. The Balaban J connectivity index is 1.96. The molecule has 3 rings (SSSR count). The first-order valence-electron chi connectivity index (χ1n) is 11.0. The molecule has 31 heavy (non-hydrogen) atoms. The summed E-state index contributed by atoms with van der Waals surface area (Å²) < 4.78 is 11.0. The Morgan fingerprint density at radius 1 is 0.968 bits per heavy atom. The van der Waals surface area contributed by atoms with Gasteiger partial charge < -0.3 is 9.47 Å². The van der Waals surface area contributed by atoms with E-state index in [9.17, 15) is 14.8 Å². The van der Waals surface area contributed by atoms with E-state index in [1.54, 1.807) is 30.3 Å². The monoisotopic (exact) mass is 426 g/mol. The van der Waals surface area contributed by atoms with Gasteiger partial charge in [-0.2, -0.15) is 4.89 Å². The van der Waals surface area contributed by atoms with Crippen molar-refractivity contribution in [3.05, 3.63) is 70.3 Å². The summed E-state index contributed by atoms with van der Waals surface area (Å²) in [5.41, 5.74) is 2.54. The quantitative estimate of drug-likeness (QED) is 0.179. The van der Waals surface area contributed by atoms with E-state index in [0.717, 1.165) is 44.1 Å². The van der Waals surface area contributed by atoms with Crippen LogP contribution >= 0.6 is 0 Å². The van der Waals surface area contributed by atoms with Crippen LogP contribution in [0.3, 0.4) is 0 Å². The molecule has 1 N–H and O–H groups in total. The lowest BCUT2D eigenvalue weighted by Gasteiger charge is -2.36. The van der Waals surface area contributed by atoms with Crippen molar-refractivity contribution in [2.75, 3.05) is 13.2 Å². The number of carbonyl (C=O) groups excluding carboxylic acids is 2. The van der Waals surface area contributed by atoms with Gasteiger partial charge in [-0.15, -0.1) is 0 Å². The number of ether oxygens (including phenoxy) is 2. The SMILES string of the molecule is CCCCCc1ccc2c(c1)C(=O)c1ccccc1C2(OO)OCC(=O)OCCCC. The maximum absolute atomic E-state index is 13.2. The number of carbonyl (C=O) groups is 2. The van der Waals surface area contributed by atoms with Crippen molar-refractivity contribution >= 4 is 11.8 Å². The van der Waals surface area contributed by atoms with E-state index in [-0.39, 0.29) is 5.78 Å². The first-order valence-corrected chi connectivity index (χ1v) is 11.0. The molecule has 0 fully saturated rings. The Morgan fingerprint density at radius 3 is 2.45 bits per heavy atom. The molecule has 0 bridgehead atoms. The maximum Gasteiger partial charge on any atom is 0.332 e. The first kappa shape index (κ1) is 23.1. The minimum atomic E-state index is -1.79. The van der Waals surface area contributed by atoms with Crippen molar-refractivity contribution in [2.45, 2.75) is 58.2 Å². The number of esters is 1. The van der Waals surface area contributed by atoms with Gasteiger partial charge in [0.15, 0.2) is 5.78 Å². The molecule has 0 saturated carbocycles. The first-order chi connectivity index (χ1) is 15.1. The van der Waals surface area contributed by atoms with Crippen molar-refractivity contribution in [2.24, 2.45) is 0 Å². The van der Waals surface area contributed by atoms with E-state index in [1.807, 2.05) is 19.1 Å². The van der Waals surface area contributed by atoms with Gasteiger partial charge in [-0.1, -0.05) is 69.5 Å². The molecule has 0 amide bonds. The molecule has 0 radical (unpaired) electrons. The van der Waals surface area contributed by atoms with Gasteiger partial charge in [0.25, 0.3) is 5.79 Å². The number of rotatable bonds is 11. The highest BCUT2D eigenvalue weighted by molar-refractivity contribution is 6.13. The Labute approximate surface area is 183 Å². The predicted octanol–water partition coefficient (Wildman–Crippen LogP) is 5.01. The number of benzene rings is 2. The molecule has 1 aliphatic carbocycles. The molecule has 0 spiro atoms. The van der Waals surface area contributed by atoms with E-state index in [1.165, 1.54) is 0 Å². The summed E-state index contributed by atoms with van der Waals surface area (Å²) in [6.45, 7) is 4.02. The zero-order valence-corrected chi connectivity index (χ0v) is 18.2. The summed E-state index contributed by atoms with van der Waals surface area (Å²) >= 11 is 0. The number of hydrogen-bond donors (Lipinski definition) is 1. The average Bonchev–Trinajstić information content (AvgIpc) is 2.80. The van der Waals surface area contributed by atoms with Crippen LogP contribution in [0.2, 0.25) is 0 Å². The van der Waals surface area contributed by atoms with E-state index in [4.69, 9.17) is 14.4 Å². The molecule has 1 unspecified atom stereocenters. The maximum atomic E-state index is 13.2. The lowest BCUT2D eigenvalue weighted by molar-refractivity contribution is -0.394. The molecule has 0 heterocycles. The Kier molecular flexibility index (Phi) is 7.96. The highest BCUT2D eigenvalue weighted by Gasteiger charge is 2.47. The van der Waals surface area contributed by atoms with Crippen molar-refractivity contribution in [1.29, 1.82) is 0 Å². The van der Waals surface area contributed by atoms with Gasteiger partial charge in [-0.25, -0.2) is 10.1 Å². The Morgan fingerprint density at radius 2 is 1.71 bits per heavy atom. The second-order valence-corrected chi connectivity index (χ2v) is 7.78. The lowest BCUT2D eigenvalue weighted by Crippen LogP contribution is -2.41. The molecular formula is C25H30O6. The predicted molar refractivity (Wildman–Crippen MR) is 116 cm³/mol. The van der Waals surface area contributed by atoms with Gasteiger partial charge in [0, 0.05) is 22.3 Å². The molecule has 166 valence electrons. The Bertz CT molecular complexity index is 922. The third-order valence-corrected chi connectivity index (χ3v) is 5.56. The van der Waals surface area contributed by atoms with E-state index >= 15 is 0 Å². The van der Waals surface area contributed by atoms with Crippen LogP contribution in [0, 0.1) is 0 Å². The number of ketones is 1. The molecule has 1 aliphatic rings. The van der Waals surface area contributed by atoms with Crippen LogP contribution in [-0.4, -0.2) is 30.2 Å². The third kappa shape index (κ3) is 4.87. The topological polar surface area (TPSA) is 82.1 Å². The van der Waals surface area contributed by atoms with Crippen molar-refractivity contribution in [3.63, 3.8) is 0 Å². The fourth-order valence-electron chi connectivity index (χ4n) is 3.87. The van der Waals surface area contributed by atoms with Gasteiger partial charge >= 0.3 is 5.97 Å². The van der Waals surface area contributed by atoms with Crippen LogP contribution in [0.15, 0.2) is 42.5 Å². The van der Waals surface area contributed by atoms with Gasteiger partial charge in [0.1, 0.15) is 6.61 Å². The fourth-order valence-corrected chi connectivity index (χ4v) is 3.87. The summed E-state index contributed by atoms with van der Waals surface area (Å²) in [6.07, 6.45) is 5.77. The van der Waals surface area contributed by atoms with Gasteiger partial charge in [0.05, 0.1) is 6.61 Å². The van der Waals surface area contributed by atoms with E-state index in [2.05, 4.69) is 6.92 Å². The van der Waals surface area contributed by atoms with Crippen LogP contribution in [-0.2, 0) is 31.4 Å². The smallest absolute Gasteiger partial charge is 0.332 e. The van der Waals surface area contributed by atoms with Crippen molar-refractivity contribution in [3.8, 4) is 0 Å². The molecule has 0 aromatic heterocycles. The van der Waals surface area contributed by atoms with Crippen LogP contribution < -0.4 is 0 Å². The summed E-state index contributed by atoms with van der Waals surface area (Å²) in [6, 6.07) is 12.3. The number of unbranched alkanes of at least 4 members (excludes halogenated alkanes) is 3. The number of fused-ring (bicyclic) bond motifs is 2. The summed E-state index contributed by atoms with van der Waals surface area (Å²) in [5.74, 6) is -2.51. The largest absolute Gasteiger partial charge is 0.464 e. The highest BCUT2D eigenvalue weighted by Crippen LogP contribution is 2.43. The minimum Gasteiger partial charge on any atom is -0.464 e. The lowest BCUT2D eigenvalue weighted by atomic mass is 9.79. The third-order valence-electron chi connectivity index (χ3n) is 5.56. The molecule has 0 saturated heterocycles. The van der Waals surface area contributed by atoms with Crippen LogP contribution in [0.4, 0.5) is 0 Å². The van der Waals surface area contributed by atoms with Crippen LogP contribution in [0.25, 0.3) is 0 Å². The number of hydrogen-bond acceptors (Lipinski definition) is 6. The normalized spacial score (nSPS) is 17.2. The van der Waals surface area contributed by atoms with Crippen molar-refractivity contribution in [1.82, 2.24) is 0 Å². The summed E-state index contributed by atoms with van der Waals surface area (Å²) in [5, 5.41) is 10.0. The molecule has 6 heteroatoms. The summed E-state index contributed by atoms with van der Waals surface area (Å²) in [7, 11) is 0. The molecule has 6 nitrogen and oxygen atoms in total. The number of aryl methyl sites for hydroxylation is 1. The fraction of sp³-hybridized carbons (Fsp3) is 0.440. The molecule has 0 aliphatic heterocycles.